The third-order valence-electron chi connectivity index (χ3n) is 4.05. The maximum absolute atomic E-state index is 11.2. The molecule has 31 heavy (non-hydrogen) atoms. The molecule has 2 amide bonds. The summed E-state index contributed by atoms with van der Waals surface area (Å²) in [7, 11) is 0. The molecule has 0 aliphatic heterocycles. The molecule has 0 saturated heterocycles. The molecule has 13 heteroatoms. The maximum Gasteiger partial charge on any atom is 2.00 e. The number of aliphatic hydroxyl groups excluding tert-OH is 4. The predicted molar refractivity (Wildman–Crippen MR) is 105 cm³/mol. The second-order valence-corrected chi connectivity index (χ2v) is 7.92. The van der Waals surface area contributed by atoms with Crippen LogP contribution in [-0.2, 0) is 19.2 Å². The zero-order valence-corrected chi connectivity index (χ0v) is 19.8. The summed E-state index contributed by atoms with van der Waals surface area (Å²) in [5, 5.41) is 61.3. The van der Waals surface area contributed by atoms with Gasteiger partial charge in [-0.3, -0.25) is 9.59 Å². The Bertz CT molecular complexity index is 534. The Kier molecular flexibility index (Phi) is 17.8. The minimum absolute atomic E-state index is 0. The fourth-order valence-corrected chi connectivity index (χ4v) is 1.65. The van der Waals surface area contributed by atoms with Gasteiger partial charge in [0.2, 0.25) is 11.8 Å². The van der Waals surface area contributed by atoms with E-state index in [0.717, 1.165) is 0 Å². The van der Waals surface area contributed by atoms with Gasteiger partial charge in [0, 0.05) is 48.7 Å². The van der Waals surface area contributed by atoms with Crippen molar-refractivity contribution in [2.45, 2.75) is 52.7 Å². The molecule has 0 aliphatic carbocycles. The van der Waals surface area contributed by atoms with Gasteiger partial charge in [0.1, 0.15) is 12.2 Å². The molecule has 0 aromatic carbocycles. The van der Waals surface area contributed by atoms with E-state index >= 15 is 0 Å². The number of nitrogens with one attached hydrogen (secondary N) is 2. The Morgan fingerprint density at radius 2 is 1.00 bits per heavy atom. The van der Waals surface area contributed by atoms with E-state index in [1.807, 2.05) is 0 Å². The molecule has 0 fully saturated rings. The van der Waals surface area contributed by atoms with E-state index in [0.29, 0.717) is 0 Å². The summed E-state index contributed by atoms with van der Waals surface area (Å²) >= 11 is 0. The summed E-state index contributed by atoms with van der Waals surface area (Å²) < 4.78 is 0. The number of hydrogen-bond donors (Lipinski definition) is 6. The normalized spacial score (nSPS) is 12.9. The zero-order chi connectivity index (χ0) is 24.1. The number of carboxylic acids is 2. The number of aliphatic carboxylic acids is 2. The van der Waals surface area contributed by atoms with Crippen molar-refractivity contribution in [3.63, 3.8) is 0 Å². The number of aliphatic hydroxyl groups is 4. The fraction of sp³-hybridized carbons (Fsp3) is 0.778. The second kappa shape index (κ2) is 16.2. The van der Waals surface area contributed by atoms with E-state index in [-0.39, 0.29) is 62.2 Å². The first-order valence-electron chi connectivity index (χ1n) is 9.15. The molecule has 0 aromatic heterocycles. The number of rotatable bonds is 12. The smallest absolute Gasteiger partial charge is 0.550 e. The van der Waals surface area contributed by atoms with Crippen molar-refractivity contribution in [1.82, 2.24) is 10.6 Å². The molecule has 0 aliphatic rings. The van der Waals surface area contributed by atoms with Crippen LogP contribution in [0.5, 0.6) is 0 Å². The minimum Gasteiger partial charge on any atom is -0.550 e. The summed E-state index contributed by atoms with van der Waals surface area (Å²) in [6.07, 6.45) is -3.36. The van der Waals surface area contributed by atoms with Gasteiger partial charge in [-0.05, 0) is 0 Å². The first-order valence-corrected chi connectivity index (χ1v) is 9.15. The van der Waals surface area contributed by atoms with Gasteiger partial charge in [0.25, 0.3) is 0 Å². The molecule has 0 radical (unpaired) electrons. The van der Waals surface area contributed by atoms with Gasteiger partial charge in [0.15, 0.2) is 0 Å². The van der Waals surface area contributed by atoms with Gasteiger partial charge >= 0.3 is 23.1 Å². The molecule has 0 rings (SSSR count). The van der Waals surface area contributed by atoms with Gasteiger partial charge in [-0.25, -0.2) is 0 Å². The Labute approximate surface area is 197 Å². The van der Waals surface area contributed by atoms with Gasteiger partial charge in [-0.15, -0.1) is 0 Å². The van der Waals surface area contributed by atoms with Crippen LogP contribution in [0.15, 0.2) is 0 Å². The van der Waals surface area contributed by atoms with E-state index in [2.05, 4.69) is 10.6 Å². The molecular weight excluding hydrogens is 429 g/mol. The average Bonchev–Trinajstić information content (AvgIpc) is 2.66. The van der Waals surface area contributed by atoms with Crippen molar-refractivity contribution < 1.29 is 49.8 Å². The number of carbonyl (C=O) groups is 4. The summed E-state index contributed by atoms with van der Waals surface area (Å²) in [5.74, 6) is -3.94. The maximum atomic E-state index is 11.2. The monoisotopic (exact) mass is 460 g/mol. The van der Waals surface area contributed by atoms with Crippen molar-refractivity contribution in [2.24, 2.45) is 10.8 Å². The van der Waals surface area contributed by atoms with E-state index in [9.17, 15) is 39.6 Å². The molecule has 0 spiro atoms. The minimum atomic E-state index is -1.37. The van der Waals surface area contributed by atoms with Gasteiger partial charge in [-0.1, -0.05) is 27.7 Å². The third kappa shape index (κ3) is 15.0. The van der Waals surface area contributed by atoms with Crippen LogP contribution in [0.3, 0.4) is 0 Å². The van der Waals surface area contributed by atoms with Crippen LogP contribution in [0.1, 0.15) is 40.5 Å². The average molecular weight is 461 g/mol. The van der Waals surface area contributed by atoms with Crippen LogP contribution >= 0.6 is 0 Å². The molecule has 2 atom stereocenters. The Morgan fingerprint density at radius 1 is 0.742 bits per heavy atom. The van der Waals surface area contributed by atoms with Crippen LogP contribution in [-0.4, -0.2) is 106 Å². The number of carbonyl (C=O) groups excluding carboxylic acids is 4. The fourth-order valence-electron chi connectivity index (χ4n) is 1.65. The van der Waals surface area contributed by atoms with Crippen molar-refractivity contribution in [1.29, 1.82) is 0 Å². The van der Waals surface area contributed by atoms with Gasteiger partial charge in [-0.2, -0.15) is 0 Å². The zero-order valence-electron chi connectivity index (χ0n) is 18.3. The van der Waals surface area contributed by atoms with Crippen LogP contribution in [0.4, 0.5) is 0 Å². The Balaban J connectivity index is -0.000000490. The molecule has 12 nitrogen and oxygen atoms in total. The molecule has 1 unspecified atom stereocenters. The summed E-state index contributed by atoms with van der Waals surface area (Å²) in [6.45, 7) is 5.21. The summed E-state index contributed by atoms with van der Waals surface area (Å²) in [6, 6.07) is 0. The largest absolute Gasteiger partial charge is 2.00 e. The summed E-state index contributed by atoms with van der Waals surface area (Å²) in [5.41, 5.74) is -1.91. The van der Waals surface area contributed by atoms with E-state index in [1.165, 1.54) is 27.7 Å². The summed E-state index contributed by atoms with van der Waals surface area (Å²) in [4.78, 5) is 42.6. The first kappa shape index (κ1) is 34.1. The Hall–Kier alpha value is -1.51. The van der Waals surface area contributed by atoms with Crippen LogP contribution in [0.2, 0.25) is 0 Å². The molecule has 0 aromatic rings. The quantitative estimate of drug-likeness (QED) is 0.152. The molecule has 0 saturated carbocycles. The number of amides is 2. The van der Waals surface area contributed by atoms with Crippen LogP contribution in [0, 0.1) is 10.8 Å². The third-order valence-corrected chi connectivity index (χ3v) is 4.05. The first-order chi connectivity index (χ1) is 13.6. The molecule has 0 heterocycles. The van der Waals surface area contributed by atoms with E-state index in [1.54, 1.807) is 0 Å². The van der Waals surface area contributed by atoms with Crippen molar-refractivity contribution >= 4 is 46.8 Å². The van der Waals surface area contributed by atoms with E-state index < -0.39 is 46.8 Å². The molecular formula is C18H32MgN2O10. The van der Waals surface area contributed by atoms with Crippen LogP contribution < -0.4 is 20.8 Å². The molecule has 6 N–H and O–H groups in total. The standard InChI is InChI=1S/2C9H17NO5.Mg/c2*1-9(2,5-11)7(14)8(15)10-4-3-6(12)13;/h2*7,11,14H,3-5H2,1-2H3,(H,10,15)(H,12,13);/q;;+2/p-2/t7-;;/m0../s1. The van der Waals surface area contributed by atoms with Crippen molar-refractivity contribution in [2.75, 3.05) is 26.3 Å². The predicted octanol–water partition coefficient (Wildman–Crippen LogP) is -5.14. The molecule has 176 valence electrons. The topological polar surface area (TPSA) is 219 Å². The van der Waals surface area contributed by atoms with Gasteiger partial charge in [0.05, 0.1) is 13.2 Å². The van der Waals surface area contributed by atoms with Gasteiger partial charge < -0.3 is 50.9 Å². The number of carboxylic acid groups (broad SMARTS) is 2. The van der Waals surface area contributed by atoms with Crippen LogP contribution in [0.25, 0.3) is 0 Å². The second-order valence-electron chi connectivity index (χ2n) is 7.92. The van der Waals surface area contributed by atoms with Crippen molar-refractivity contribution in [3.05, 3.63) is 0 Å². The van der Waals surface area contributed by atoms with E-state index in [4.69, 9.17) is 10.2 Å². The molecule has 0 bridgehead atoms. The SMILES string of the molecule is CC(C)(CO)C(O)C(=O)NCCC(=O)[O-].CC(C)(CO)[C@@H](O)C(=O)NCCC(=O)[O-].[Mg+2]. The Morgan fingerprint density at radius 3 is 1.19 bits per heavy atom. The number of hydrogen-bond acceptors (Lipinski definition) is 10. The van der Waals surface area contributed by atoms with Crippen molar-refractivity contribution in [3.8, 4) is 0 Å².